The van der Waals surface area contributed by atoms with Gasteiger partial charge in [0.15, 0.2) is 0 Å². The fourth-order valence-corrected chi connectivity index (χ4v) is 9.21. The van der Waals surface area contributed by atoms with Gasteiger partial charge >= 0.3 is 0 Å². The zero-order chi connectivity index (χ0) is 30.2. The first-order valence-corrected chi connectivity index (χ1v) is 17.3. The molecule has 2 aromatic heterocycles. The van der Waals surface area contributed by atoms with Gasteiger partial charge in [0, 0.05) is 19.5 Å². The van der Waals surface area contributed by atoms with E-state index in [-0.39, 0.29) is 0 Å². The first-order chi connectivity index (χ1) is 22.8. The van der Waals surface area contributed by atoms with Gasteiger partial charge in [-0.05, 0) is 112 Å². The van der Waals surface area contributed by atoms with E-state index in [0.717, 1.165) is 0 Å². The second kappa shape index (κ2) is 10.1. The van der Waals surface area contributed by atoms with Crippen molar-refractivity contribution in [3.05, 3.63) is 154 Å². The van der Waals surface area contributed by atoms with Crippen LogP contribution in [0, 0.1) is 0 Å². The largest absolute Gasteiger partial charge is 0.135 e. The van der Waals surface area contributed by atoms with Crippen molar-refractivity contribution in [2.45, 2.75) is 0 Å². The molecule has 214 valence electrons. The summed E-state index contributed by atoms with van der Waals surface area (Å²) < 4.78 is 0. The first-order valence-electron chi connectivity index (χ1n) is 15.7. The van der Waals surface area contributed by atoms with E-state index in [4.69, 9.17) is 0 Å². The smallest absolute Gasteiger partial charge is 0.0449 e. The van der Waals surface area contributed by atoms with Crippen molar-refractivity contribution in [1.29, 1.82) is 0 Å². The quantitative estimate of drug-likeness (QED) is 0.168. The van der Waals surface area contributed by atoms with Gasteiger partial charge in [-0.25, -0.2) is 0 Å². The maximum atomic E-state index is 2.28. The predicted molar refractivity (Wildman–Crippen MR) is 206 cm³/mol. The van der Waals surface area contributed by atoms with Crippen LogP contribution in [0.15, 0.2) is 133 Å². The van der Waals surface area contributed by atoms with Crippen LogP contribution in [0.4, 0.5) is 0 Å². The monoisotopic (exact) mass is 618 g/mol. The van der Waals surface area contributed by atoms with E-state index in [9.17, 15) is 0 Å². The van der Waals surface area contributed by atoms with Gasteiger partial charge in [0.1, 0.15) is 0 Å². The third-order valence-electron chi connectivity index (χ3n) is 9.48. The average molecular weight is 619 g/mol. The Morgan fingerprint density at radius 1 is 0.304 bits per heavy atom. The summed E-state index contributed by atoms with van der Waals surface area (Å²) >= 11 is 3.70. The van der Waals surface area contributed by atoms with Crippen LogP contribution in [-0.2, 0) is 0 Å². The normalized spacial score (nSPS) is 12.6. The molecule has 0 unspecified atom stereocenters. The van der Waals surface area contributed by atoms with Crippen LogP contribution in [0.25, 0.3) is 98.7 Å². The van der Waals surface area contributed by atoms with Gasteiger partial charge in [0.25, 0.3) is 0 Å². The molecule has 10 aromatic rings. The molecule has 0 amide bonds. The summed E-state index contributed by atoms with van der Waals surface area (Å²) in [5, 5.41) is 15.9. The van der Waals surface area contributed by atoms with Crippen molar-refractivity contribution in [2.24, 2.45) is 0 Å². The number of hydrogen-bond donors (Lipinski definition) is 0. The van der Waals surface area contributed by atoms with Crippen molar-refractivity contribution in [1.82, 2.24) is 0 Å². The molecule has 0 aliphatic heterocycles. The van der Waals surface area contributed by atoms with Gasteiger partial charge in [0.2, 0.25) is 0 Å². The standard InChI is InChI=1S/C44H26S2/c1-3-29-11-13-33-9-7-27(37-23-17-31(5-1)41(29)43(33)37)15-19-35-21-25-39(45-35)40-26-22-36(46-40)20-16-28-8-10-34-14-12-30-4-2-6-32-18-24-38(28)44(34)42(30)32/h1-26H/b19-15+,20-16+. The maximum Gasteiger partial charge on any atom is 0.0449 e. The Hall–Kier alpha value is -5.28. The summed E-state index contributed by atoms with van der Waals surface area (Å²) in [4.78, 5) is 5.14. The van der Waals surface area contributed by atoms with Gasteiger partial charge in [-0.2, -0.15) is 0 Å². The van der Waals surface area contributed by atoms with Crippen LogP contribution in [0.5, 0.6) is 0 Å². The highest BCUT2D eigenvalue weighted by molar-refractivity contribution is 7.23. The van der Waals surface area contributed by atoms with Crippen molar-refractivity contribution in [3.8, 4) is 9.75 Å². The highest BCUT2D eigenvalue weighted by Crippen LogP contribution is 2.39. The van der Waals surface area contributed by atoms with Gasteiger partial charge < -0.3 is 0 Å². The third-order valence-corrected chi connectivity index (χ3v) is 11.8. The van der Waals surface area contributed by atoms with E-state index in [2.05, 4.69) is 158 Å². The second-order valence-corrected chi connectivity index (χ2v) is 14.3. The fraction of sp³-hybridized carbons (Fsp3) is 0. The van der Waals surface area contributed by atoms with E-state index in [1.165, 1.54) is 95.3 Å². The summed E-state index contributed by atoms with van der Waals surface area (Å²) in [5.74, 6) is 0. The molecule has 0 saturated carbocycles. The Labute approximate surface area is 274 Å². The topological polar surface area (TPSA) is 0 Å². The minimum absolute atomic E-state index is 1.26. The summed E-state index contributed by atoms with van der Waals surface area (Å²) in [6, 6.07) is 49.3. The summed E-state index contributed by atoms with van der Waals surface area (Å²) in [7, 11) is 0. The van der Waals surface area contributed by atoms with Crippen molar-refractivity contribution < 1.29 is 0 Å². The molecule has 46 heavy (non-hydrogen) atoms. The van der Waals surface area contributed by atoms with Crippen molar-refractivity contribution >= 4 is 112 Å². The first kappa shape index (κ1) is 26.0. The van der Waals surface area contributed by atoms with Crippen LogP contribution in [-0.4, -0.2) is 0 Å². The molecule has 2 heteroatoms. The van der Waals surface area contributed by atoms with Gasteiger partial charge in [0.05, 0.1) is 0 Å². The molecular weight excluding hydrogens is 593 g/mol. The van der Waals surface area contributed by atoms with E-state index in [1.807, 2.05) is 22.7 Å². The Balaban J connectivity index is 0.940. The van der Waals surface area contributed by atoms with E-state index < -0.39 is 0 Å². The molecule has 0 fully saturated rings. The Kier molecular flexibility index (Phi) is 5.72. The molecule has 0 saturated heterocycles. The van der Waals surface area contributed by atoms with Crippen molar-refractivity contribution in [2.75, 3.05) is 0 Å². The van der Waals surface area contributed by atoms with Crippen LogP contribution in [0.2, 0.25) is 0 Å². The number of hydrogen-bond acceptors (Lipinski definition) is 2. The summed E-state index contributed by atoms with van der Waals surface area (Å²) in [6.45, 7) is 0. The Morgan fingerprint density at radius 2 is 0.674 bits per heavy atom. The van der Waals surface area contributed by atoms with Gasteiger partial charge in [-0.3, -0.25) is 0 Å². The Morgan fingerprint density at radius 3 is 1.11 bits per heavy atom. The molecule has 0 nitrogen and oxygen atoms in total. The number of benzene rings is 8. The third kappa shape index (κ3) is 4.04. The van der Waals surface area contributed by atoms with Crippen LogP contribution >= 0.6 is 22.7 Å². The van der Waals surface area contributed by atoms with Crippen LogP contribution in [0.3, 0.4) is 0 Å². The lowest BCUT2D eigenvalue weighted by Gasteiger charge is -2.12. The lowest BCUT2D eigenvalue weighted by molar-refractivity contribution is 1.75. The molecule has 0 bridgehead atoms. The highest BCUT2D eigenvalue weighted by atomic mass is 32.1. The molecule has 0 radical (unpaired) electrons. The number of thiophene rings is 2. The van der Waals surface area contributed by atoms with Gasteiger partial charge in [-0.15, -0.1) is 22.7 Å². The average Bonchev–Trinajstić information content (AvgIpc) is 3.78. The zero-order valence-corrected chi connectivity index (χ0v) is 26.5. The molecule has 0 N–H and O–H groups in total. The number of rotatable bonds is 5. The summed E-state index contributed by atoms with van der Waals surface area (Å²) in [5.41, 5.74) is 2.52. The predicted octanol–water partition coefficient (Wildman–Crippen LogP) is 13.6. The lowest BCUT2D eigenvalue weighted by Crippen LogP contribution is -1.85. The highest BCUT2D eigenvalue weighted by Gasteiger charge is 2.12. The lowest BCUT2D eigenvalue weighted by atomic mass is 9.92. The molecule has 2 heterocycles. The van der Waals surface area contributed by atoms with E-state index in [1.54, 1.807) is 0 Å². The zero-order valence-electron chi connectivity index (χ0n) is 24.8. The molecule has 0 spiro atoms. The molecular formula is C44H26S2. The molecule has 10 rings (SSSR count). The van der Waals surface area contributed by atoms with Crippen LogP contribution in [0.1, 0.15) is 20.9 Å². The van der Waals surface area contributed by atoms with Gasteiger partial charge in [-0.1, -0.05) is 121 Å². The minimum atomic E-state index is 1.26. The minimum Gasteiger partial charge on any atom is -0.135 e. The molecule has 8 aromatic carbocycles. The maximum absolute atomic E-state index is 2.28. The van der Waals surface area contributed by atoms with E-state index >= 15 is 0 Å². The summed E-state index contributed by atoms with van der Waals surface area (Å²) in [6.07, 6.45) is 9.09. The van der Waals surface area contributed by atoms with E-state index in [0.29, 0.717) is 0 Å². The Bertz CT molecular complexity index is 2580. The van der Waals surface area contributed by atoms with Crippen LogP contribution < -0.4 is 0 Å². The molecule has 0 aliphatic carbocycles. The molecule has 0 aliphatic rings. The second-order valence-electron chi connectivity index (χ2n) is 12.1. The molecule has 0 atom stereocenters. The SMILES string of the molecule is C(=C\c1ccc2ccc3cccc4ccc1c2c34)/c1ccc(-c2ccc(/C=C/c3ccc4ccc5cccc6ccc3c4c56)s2)s1. The van der Waals surface area contributed by atoms with Crippen molar-refractivity contribution in [3.63, 3.8) is 0 Å². The fourth-order valence-electron chi connectivity index (χ4n) is 7.30.